The van der Waals surface area contributed by atoms with Crippen LogP contribution in [0.2, 0.25) is 0 Å². The molecule has 0 amide bonds. The number of rotatable bonds is 6. The first-order valence-corrected chi connectivity index (χ1v) is 5.91. The van der Waals surface area contributed by atoms with Crippen molar-refractivity contribution < 1.29 is 4.74 Å². The molecule has 0 bridgehead atoms. The number of nitrogens with two attached hydrogens (primary N) is 1. The average molecular weight is 254 g/mol. The number of nitrogens with zero attached hydrogens (tertiary/aromatic N) is 4. The highest BCUT2D eigenvalue weighted by Crippen LogP contribution is 2.12. The lowest BCUT2D eigenvalue weighted by atomic mass is 10.1. The molecule has 0 fully saturated rings. The van der Waals surface area contributed by atoms with E-state index in [0.29, 0.717) is 25.0 Å². The SMILES string of the molecule is CCOC(C)(C)CNc1nc(N)nc(N(C)C)n1. The Labute approximate surface area is 108 Å². The van der Waals surface area contributed by atoms with E-state index in [1.165, 1.54) is 0 Å². The molecule has 0 spiro atoms. The van der Waals surface area contributed by atoms with E-state index in [4.69, 9.17) is 10.5 Å². The molecule has 0 aliphatic rings. The topological polar surface area (TPSA) is 89.2 Å². The van der Waals surface area contributed by atoms with Gasteiger partial charge < -0.3 is 20.7 Å². The fourth-order valence-electron chi connectivity index (χ4n) is 1.39. The minimum absolute atomic E-state index is 0.199. The molecule has 7 nitrogen and oxygen atoms in total. The quantitative estimate of drug-likeness (QED) is 0.774. The van der Waals surface area contributed by atoms with E-state index < -0.39 is 0 Å². The van der Waals surface area contributed by atoms with Crippen LogP contribution in [0.15, 0.2) is 0 Å². The van der Waals surface area contributed by atoms with Gasteiger partial charge in [0, 0.05) is 27.2 Å². The lowest BCUT2D eigenvalue weighted by molar-refractivity contribution is 0.000581. The summed E-state index contributed by atoms with van der Waals surface area (Å²) < 4.78 is 5.58. The molecular formula is C11H22N6O. The molecule has 1 heterocycles. The summed E-state index contributed by atoms with van der Waals surface area (Å²) in [7, 11) is 3.70. The van der Waals surface area contributed by atoms with E-state index in [-0.39, 0.29) is 11.5 Å². The number of hydrogen-bond acceptors (Lipinski definition) is 7. The van der Waals surface area contributed by atoms with Crippen molar-refractivity contribution in [1.82, 2.24) is 15.0 Å². The predicted octanol–water partition coefficient (Wildman–Crippen LogP) is 0.747. The predicted molar refractivity (Wildman–Crippen MR) is 72.8 cm³/mol. The van der Waals surface area contributed by atoms with Crippen LogP contribution < -0.4 is 16.0 Å². The Balaban J connectivity index is 2.73. The van der Waals surface area contributed by atoms with Gasteiger partial charge in [0.1, 0.15) is 0 Å². The zero-order chi connectivity index (χ0) is 13.8. The summed E-state index contributed by atoms with van der Waals surface area (Å²) in [6.07, 6.45) is 0. The Bertz CT molecular complexity index is 393. The maximum atomic E-state index is 5.64. The molecule has 0 saturated heterocycles. The van der Waals surface area contributed by atoms with Gasteiger partial charge in [0.15, 0.2) is 0 Å². The summed E-state index contributed by atoms with van der Waals surface area (Å²) in [5, 5.41) is 3.11. The van der Waals surface area contributed by atoms with Crippen molar-refractivity contribution in [2.45, 2.75) is 26.4 Å². The minimum atomic E-state index is -0.283. The van der Waals surface area contributed by atoms with Crippen molar-refractivity contribution in [3.8, 4) is 0 Å². The number of nitrogen functional groups attached to an aromatic ring is 1. The first-order chi connectivity index (χ1) is 8.34. The van der Waals surface area contributed by atoms with E-state index in [2.05, 4.69) is 20.3 Å². The van der Waals surface area contributed by atoms with E-state index in [1.54, 1.807) is 4.90 Å². The summed E-state index contributed by atoms with van der Waals surface area (Å²) in [6.45, 7) is 7.22. The molecule has 18 heavy (non-hydrogen) atoms. The van der Waals surface area contributed by atoms with Gasteiger partial charge in [-0.1, -0.05) is 0 Å². The molecule has 1 rings (SSSR count). The highest BCUT2D eigenvalue weighted by atomic mass is 16.5. The molecule has 0 aliphatic carbocycles. The Morgan fingerprint density at radius 1 is 1.28 bits per heavy atom. The van der Waals surface area contributed by atoms with Crippen molar-refractivity contribution >= 4 is 17.8 Å². The van der Waals surface area contributed by atoms with Crippen LogP contribution in [0.3, 0.4) is 0 Å². The minimum Gasteiger partial charge on any atom is -0.374 e. The third-order valence-corrected chi connectivity index (χ3v) is 2.25. The zero-order valence-corrected chi connectivity index (χ0v) is 11.7. The summed E-state index contributed by atoms with van der Waals surface area (Å²) >= 11 is 0. The smallest absolute Gasteiger partial charge is 0.231 e. The first kappa shape index (κ1) is 14.4. The zero-order valence-electron chi connectivity index (χ0n) is 11.7. The molecule has 0 aliphatic heterocycles. The van der Waals surface area contributed by atoms with Crippen molar-refractivity contribution in [2.75, 3.05) is 43.2 Å². The van der Waals surface area contributed by atoms with Crippen LogP contribution in [-0.4, -0.2) is 47.8 Å². The molecule has 0 aromatic carbocycles. The first-order valence-electron chi connectivity index (χ1n) is 5.91. The Morgan fingerprint density at radius 2 is 1.94 bits per heavy atom. The van der Waals surface area contributed by atoms with Gasteiger partial charge in [-0.3, -0.25) is 0 Å². The van der Waals surface area contributed by atoms with Gasteiger partial charge >= 0.3 is 0 Å². The lowest BCUT2D eigenvalue weighted by Crippen LogP contribution is -2.34. The summed E-state index contributed by atoms with van der Waals surface area (Å²) in [5.41, 5.74) is 5.35. The fraction of sp³-hybridized carbons (Fsp3) is 0.727. The Kier molecular flexibility index (Phi) is 4.66. The maximum Gasteiger partial charge on any atom is 0.231 e. The highest BCUT2D eigenvalue weighted by Gasteiger charge is 2.18. The van der Waals surface area contributed by atoms with Gasteiger partial charge in [-0.15, -0.1) is 0 Å². The van der Waals surface area contributed by atoms with Crippen molar-refractivity contribution in [1.29, 1.82) is 0 Å². The van der Waals surface area contributed by atoms with Crippen LogP contribution in [-0.2, 0) is 4.74 Å². The second kappa shape index (κ2) is 5.81. The monoisotopic (exact) mass is 254 g/mol. The van der Waals surface area contributed by atoms with Crippen LogP contribution in [0.5, 0.6) is 0 Å². The number of nitrogens with one attached hydrogen (secondary N) is 1. The molecule has 1 aromatic rings. The standard InChI is InChI=1S/C11H22N6O/c1-6-18-11(2,3)7-13-9-14-8(12)15-10(16-9)17(4)5/h6-7H2,1-5H3,(H3,12,13,14,15,16). The van der Waals surface area contributed by atoms with Crippen LogP contribution in [0.4, 0.5) is 17.8 Å². The average Bonchev–Trinajstić information content (AvgIpc) is 2.26. The van der Waals surface area contributed by atoms with E-state index in [9.17, 15) is 0 Å². The van der Waals surface area contributed by atoms with Crippen LogP contribution in [0.1, 0.15) is 20.8 Å². The Morgan fingerprint density at radius 3 is 2.50 bits per heavy atom. The molecular weight excluding hydrogens is 232 g/mol. The number of ether oxygens (including phenoxy) is 1. The second-order valence-corrected chi connectivity index (χ2v) is 4.76. The van der Waals surface area contributed by atoms with E-state index >= 15 is 0 Å². The van der Waals surface area contributed by atoms with Crippen molar-refractivity contribution in [2.24, 2.45) is 0 Å². The number of aromatic nitrogens is 3. The van der Waals surface area contributed by atoms with Gasteiger partial charge in [-0.2, -0.15) is 15.0 Å². The number of hydrogen-bond donors (Lipinski definition) is 2. The van der Waals surface area contributed by atoms with Gasteiger partial charge in [-0.05, 0) is 20.8 Å². The van der Waals surface area contributed by atoms with Gasteiger partial charge in [0.05, 0.1) is 5.60 Å². The normalized spacial score (nSPS) is 11.4. The number of anilines is 3. The van der Waals surface area contributed by atoms with Gasteiger partial charge in [-0.25, -0.2) is 0 Å². The van der Waals surface area contributed by atoms with Gasteiger partial charge in [0.2, 0.25) is 17.8 Å². The Hall–Kier alpha value is -1.63. The van der Waals surface area contributed by atoms with Crippen LogP contribution in [0.25, 0.3) is 0 Å². The van der Waals surface area contributed by atoms with Crippen molar-refractivity contribution in [3.63, 3.8) is 0 Å². The van der Waals surface area contributed by atoms with E-state index in [1.807, 2.05) is 34.9 Å². The molecule has 3 N–H and O–H groups in total. The van der Waals surface area contributed by atoms with Crippen LogP contribution in [0, 0.1) is 0 Å². The molecule has 102 valence electrons. The fourth-order valence-corrected chi connectivity index (χ4v) is 1.39. The molecule has 0 unspecified atom stereocenters. The highest BCUT2D eigenvalue weighted by molar-refractivity contribution is 5.40. The largest absolute Gasteiger partial charge is 0.374 e. The van der Waals surface area contributed by atoms with Gasteiger partial charge in [0.25, 0.3) is 0 Å². The molecule has 7 heteroatoms. The molecule has 1 aromatic heterocycles. The third-order valence-electron chi connectivity index (χ3n) is 2.25. The summed E-state index contributed by atoms with van der Waals surface area (Å²) in [6, 6.07) is 0. The van der Waals surface area contributed by atoms with E-state index in [0.717, 1.165) is 0 Å². The molecule has 0 radical (unpaired) electrons. The lowest BCUT2D eigenvalue weighted by Gasteiger charge is -2.25. The summed E-state index contributed by atoms with van der Waals surface area (Å²) in [4.78, 5) is 14.1. The summed E-state index contributed by atoms with van der Waals surface area (Å²) in [5.74, 6) is 1.18. The van der Waals surface area contributed by atoms with Crippen LogP contribution >= 0.6 is 0 Å². The maximum absolute atomic E-state index is 5.64. The second-order valence-electron chi connectivity index (χ2n) is 4.76. The van der Waals surface area contributed by atoms with Crippen molar-refractivity contribution in [3.05, 3.63) is 0 Å². The third kappa shape index (κ3) is 4.33. The molecule has 0 atom stereocenters. The molecule has 0 saturated carbocycles.